The molecule has 0 radical (unpaired) electrons. The lowest BCUT2D eigenvalue weighted by Crippen LogP contribution is -2.33. The number of anilines is 1. The molecule has 5 aromatic rings. The lowest BCUT2D eigenvalue weighted by molar-refractivity contribution is -0.113. The maximum absolute atomic E-state index is 12.0. The number of aldehydes is 1. The summed E-state index contributed by atoms with van der Waals surface area (Å²) in [6.07, 6.45) is 4.14. The first-order valence-corrected chi connectivity index (χ1v) is 8.58. The molecule has 0 fully saturated rings. The van der Waals surface area contributed by atoms with Crippen molar-refractivity contribution >= 4 is 28.9 Å². The van der Waals surface area contributed by atoms with Crippen molar-refractivity contribution in [2.75, 3.05) is 5.73 Å². The highest BCUT2D eigenvalue weighted by Crippen LogP contribution is 2.28. The number of hydrogen-bond acceptors (Lipinski definition) is 7. The van der Waals surface area contributed by atoms with Gasteiger partial charge in [0.2, 0.25) is 11.8 Å². The fourth-order valence-electron chi connectivity index (χ4n) is 3.19. The van der Waals surface area contributed by atoms with E-state index in [1.807, 2.05) is 30.3 Å². The maximum atomic E-state index is 12.0. The van der Waals surface area contributed by atoms with Gasteiger partial charge in [-0.15, -0.1) is 5.10 Å². The van der Waals surface area contributed by atoms with Crippen LogP contribution in [0.15, 0.2) is 59.3 Å². The Balaban J connectivity index is 1.75. The second-order valence-corrected chi connectivity index (χ2v) is 6.56. The Morgan fingerprint density at radius 1 is 1.11 bits per heavy atom. The van der Waals surface area contributed by atoms with Crippen LogP contribution in [0, 0.1) is 0 Å². The summed E-state index contributed by atoms with van der Waals surface area (Å²) >= 11 is 0. The molecule has 138 valence electrons. The first kappa shape index (κ1) is 16.2. The highest BCUT2D eigenvalue weighted by Gasteiger charge is 2.30. The van der Waals surface area contributed by atoms with Crippen LogP contribution >= 0.6 is 0 Å². The van der Waals surface area contributed by atoms with E-state index in [1.54, 1.807) is 36.2 Å². The van der Waals surface area contributed by atoms with Crippen molar-refractivity contribution in [3.05, 3.63) is 60.5 Å². The summed E-state index contributed by atoms with van der Waals surface area (Å²) in [5.74, 6) is 1.05. The molecule has 0 amide bonds. The number of nitrogen functional groups attached to an aromatic ring is 1. The van der Waals surface area contributed by atoms with Gasteiger partial charge >= 0.3 is 0 Å². The molecule has 0 saturated carbocycles. The molecule has 0 bridgehead atoms. The third-order valence-electron chi connectivity index (χ3n) is 4.79. The van der Waals surface area contributed by atoms with Gasteiger partial charge in [0.1, 0.15) is 5.54 Å². The fraction of sp³-hybridized carbons (Fsp3) is 0.105. The molecule has 1 aromatic carbocycles. The third-order valence-corrected chi connectivity index (χ3v) is 4.79. The van der Waals surface area contributed by atoms with Crippen molar-refractivity contribution in [1.82, 2.24) is 29.4 Å². The van der Waals surface area contributed by atoms with Crippen molar-refractivity contribution < 1.29 is 9.21 Å². The Bertz CT molecular complexity index is 1300. The molecule has 0 saturated heterocycles. The van der Waals surface area contributed by atoms with Crippen LogP contribution in [-0.2, 0) is 10.3 Å². The zero-order valence-electron chi connectivity index (χ0n) is 14.9. The second-order valence-electron chi connectivity index (χ2n) is 6.56. The highest BCUT2D eigenvalue weighted by molar-refractivity contribution is 5.90. The van der Waals surface area contributed by atoms with Crippen LogP contribution in [0.2, 0.25) is 0 Å². The average Bonchev–Trinajstić information content (AvgIpc) is 3.46. The van der Waals surface area contributed by atoms with Crippen molar-refractivity contribution in [2.45, 2.75) is 12.5 Å². The first-order chi connectivity index (χ1) is 13.6. The normalized spacial score (nSPS) is 13.8. The Kier molecular flexibility index (Phi) is 3.32. The summed E-state index contributed by atoms with van der Waals surface area (Å²) in [5.41, 5.74) is 6.72. The SMILES string of the molecule is CC(C=O)(c1ccccc1)n1cc2c(nc(N)n3nc(-c4ccco4)nc23)n1. The molecule has 0 aliphatic heterocycles. The van der Waals surface area contributed by atoms with E-state index in [0.717, 1.165) is 11.8 Å². The molecule has 0 aliphatic rings. The van der Waals surface area contributed by atoms with Crippen molar-refractivity contribution in [2.24, 2.45) is 0 Å². The average molecular weight is 373 g/mol. The van der Waals surface area contributed by atoms with Gasteiger partial charge in [-0.2, -0.15) is 14.6 Å². The van der Waals surface area contributed by atoms with E-state index in [2.05, 4.69) is 20.2 Å². The van der Waals surface area contributed by atoms with Gasteiger partial charge in [-0.1, -0.05) is 30.3 Å². The number of nitrogens with two attached hydrogens (primary N) is 1. The molecule has 28 heavy (non-hydrogen) atoms. The number of nitrogens with zero attached hydrogens (tertiary/aromatic N) is 6. The topological polar surface area (TPSA) is 117 Å². The maximum Gasteiger partial charge on any atom is 0.225 e. The number of carbonyl (C=O) groups is 1. The Labute approximate surface area is 158 Å². The molecule has 5 rings (SSSR count). The number of rotatable bonds is 4. The Hall–Kier alpha value is -4.01. The lowest BCUT2D eigenvalue weighted by Gasteiger charge is -2.24. The van der Waals surface area contributed by atoms with Gasteiger partial charge in [0.15, 0.2) is 23.3 Å². The summed E-state index contributed by atoms with van der Waals surface area (Å²) in [4.78, 5) is 20.9. The van der Waals surface area contributed by atoms with Crippen LogP contribution in [0.4, 0.5) is 5.95 Å². The molecule has 2 N–H and O–H groups in total. The molecule has 0 aliphatic carbocycles. The van der Waals surface area contributed by atoms with Gasteiger partial charge in [0, 0.05) is 6.20 Å². The van der Waals surface area contributed by atoms with E-state index >= 15 is 0 Å². The monoisotopic (exact) mass is 373 g/mol. The predicted octanol–water partition coefficient (Wildman–Crippen LogP) is 2.28. The largest absolute Gasteiger partial charge is 0.461 e. The molecule has 4 aromatic heterocycles. The summed E-state index contributed by atoms with van der Waals surface area (Å²) < 4.78 is 8.38. The third kappa shape index (κ3) is 2.22. The van der Waals surface area contributed by atoms with E-state index in [4.69, 9.17) is 10.2 Å². The van der Waals surface area contributed by atoms with Crippen LogP contribution in [0.25, 0.3) is 28.3 Å². The number of benzene rings is 1. The van der Waals surface area contributed by atoms with Crippen LogP contribution in [0.1, 0.15) is 12.5 Å². The van der Waals surface area contributed by atoms with Crippen LogP contribution in [0.3, 0.4) is 0 Å². The molecule has 4 heterocycles. The van der Waals surface area contributed by atoms with Crippen LogP contribution in [0.5, 0.6) is 0 Å². The number of fused-ring (bicyclic) bond motifs is 3. The fourth-order valence-corrected chi connectivity index (χ4v) is 3.19. The molecule has 1 atom stereocenters. The summed E-state index contributed by atoms with van der Waals surface area (Å²) in [6, 6.07) is 12.9. The Morgan fingerprint density at radius 3 is 2.64 bits per heavy atom. The zero-order valence-corrected chi connectivity index (χ0v) is 14.9. The minimum Gasteiger partial charge on any atom is -0.461 e. The van der Waals surface area contributed by atoms with Crippen molar-refractivity contribution in [1.29, 1.82) is 0 Å². The summed E-state index contributed by atoms with van der Waals surface area (Å²) in [6.45, 7) is 1.79. The summed E-state index contributed by atoms with van der Waals surface area (Å²) in [7, 11) is 0. The van der Waals surface area contributed by atoms with Crippen LogP contribution in [-0.4, -0.2) is 35.6 Å². The van der Waals surface area contributed by atoms with Gasteiger partial charge in [0.05, 0.1) is 11.6 Å². The summed E-state index contributed by atoms with van der Waals surface area (Å²) in [5, 5.41) is 9.51. The lowest BCUT2D eigenvalue weighted by atomic mass is 9.94. The number of aromatic nitrogens is 6. The molecule has 9 heteroatoms. The van der Waals surface area contributed by atoms with Gasteiger partial charge in [-0.3, -0.25) is 4.68 Å². The number of carbonyl (C=O) groups excluding carboxylic acids is 1. The van der Waals surface area contributed by atoms with Gasteiger partial charge in [0.25, 0.3) is 0 Å². The quantitative estimate of drug-likeness (QED) is 0.480. The second kappa shape index (κ2) is 5.74. The standard InChI is InChI=1S/C19H15N7O2/c1-19(11-27,12-6-3-2-4-7-12)25-10-13-15(23-25)22-18(20)26-17(13)21-16(24-26)14-8-5-9-28-14/h2-11H,1H3,(H2,20,22,23). The van der Waals surface area contributed by atoms with Crippen LogP contribution < -0.4 is 5.73 Å². The van der Waals surface area contributed by atoms with Gasteiger partial charge in [-0.05, 0) is 24.6 Å². The minimum atomic E-state index is -1.00. The van der Waals surface area contributed by atoms with E-state index in [1.165, 1.54) is 4.52 Å². The van der Waals surface area contributed by atoms with E-state index in [9.17, 15) is 4.79 Å². The van der Waals surface area contributed by atoms with Gasteiger partial charge < -0.3 is 14.9 Å². The number of furan rings is 1. The van der Waals surface area contributed by atoms with Crippen molar-refractivity contribution in [3.8, 4) is 11.6 Å². The minimum absolute atomic E-state index is 0.144. The van der Waals surface area contributed by atoms with E-state index < -0.39 is 5.54 Å². The molecule has 1 unspecified atom stereocenters. The van der Waals surface area contributed by atoms with Crippen molar-refractivity contribution in [3.63, 3.8) is 0 Å². The molecular formula is C19H15N7O2. The molecular weight excluding hydrogens is 358 g/mol. The van der Waals surface area contributed by atoms with E-state index in [-0.39, 0.29) is 5.95 Å². The van der Waals surface area contributed by atoms with Gasteiger partial charge in [-0.25, -0.2) is 4.98 Å². The zero-order chi connectivity index (χ0) is 19.3. The predicted molar refractivity (Wildman–Crippen MR) is 101 cm³/mol. The molecule has 0 spiro atoms. The number of hydrogen-bond donors (Lipinski definition) is 1. The molecule has 9 nitrogen and oxygen atoms in total. The Morgan fingerprint density at radius 2 is 1.93 bits per heavy atom. The first-order valence-electron chi connectivity index (χ1n) is 8.58. The van der Waals surface area contributed by atoms with E-state index in [0.29, 0.717) is 28.3 Å². The smallest absolute Gasteiger partial charge is 0.225 e. The highest BCUT2D eigenvalue weighted by atomic mass is 16.3.